The smallest absolute Gasteiger partial charge is 0.348 e. The summed E-state index contributed by atoms with van der Waals surface area (Å²) in [7, 11) is 1.35. The number of esters is 1. The Morgan fingerprint density at radius 1 is 1.62 bits per heavy atom. The third-order valence-electron chi connectivity index (χ3n) is 4.42. The number of methoxy groups -OCH3 is 1. The fourth-order valence-electron chi connectivity index (χ4n) is 3.08. The summed E-state index contributed by atoms with van der Waals surface area (Å²) in [6.07, 6.45) is 2.26. The molecule has 2 aliphatic heterocycles. The number of nitrogens with zero attached hydrogens (tertiary/aromatic N) is 3. The molecule has 1 unspecified atom stereocenters. The number of rotatable bonds is 4. The highest BCUT2D eigenvalue weighted by molar-refractivity contribution is 7.12. The minimum atomic E-state index is -1.29. The summed E-state index contributed by atoms with van der Waals surface area (Å²) >= 11 is 1.32. The SMILES string of the molecule is COC(=O)c1sccc1Cn1cc(C2(O)CC[C@H]3CO[C@@H]2O3)nn1. The van der Waals surface area contributed by atoms with E-state index in [1.54, 1.807) is 10.9 Å². The van der Waals surface area contributed by atoms with Gasteiger partial charge >= 0.3 is 5.97 Å². The fraction of sp³-hybridized carbons (Fsp3) is 0.533. The Bertz CT molecular complexity index is 760. The van der Waals surface area contributed by atoms with Gasteiger partial charge in [-0.1, -0.05) is 5.21 Å². The highest BCUT2D eigenvalue weighted by Crippen LogP contribution is 2.40. The van der Waals surface area contributed by atoms with Crippen molar-refractivity contribution >= 4 is 17.3 Å². The predicted octanol–water partition coefficient (Wildman–Crippen LogP) is 0.897. The van der Waals surface area contributed by atoms with Crippen LogP contribution in [0, 0.1) is 0 Å². The van der Waals surface area contributed by atoms with Crippen molar-refractivity contribution in [1.29, 1.82) is 0 Å². The molecule has 0 saturated carbocycles. The van der Waals surface area contributed by atoms with Crippen LogP contribution in [0.3, 0.4) is 0 Å². The Labute approximate surface area is 141 Å². The second-order valence-electron chi connectivity index (χ2n) is 5.95. The van der Waals surface area contributed by atoms with E-state index in [9.17, 15) is 9.90 Å². The van der Waals surface area contributed by atoms with Gasteiger partial charge in [0.25, 0.3) is 0 Å². The van der Waals surface area contributed by atoms with Crippen LogP contribution in [0.1, 0.15) is 33.8 Å². The number of aromatic nitrogens is 3. The number of fused-ring (bicyclic) bond motifs is 2. The average molecular weight is 351 g/mol. The summed E-state index contributed by atoms with van der Waals surface area (Å²) in [6.45, 7) is 0.866. The lowest BCUT2D eigenvalue weighted by atomic mass is 9.90. The first-order valence-electron chi connectivity index (χ1n) is 7.65. The maximum atomic E-state index is 11.7. The summed E-state index contributed by atoms with van der Waals surface area (Å²) in [5.41, 5.74) is -0.0690. The average Bonchev–Trinajstić information content (AvgIpc) is 3.32. The summed E-state index contributed by atoms with van der Waals surface area (Å²) in [5.74, 6) is -0.370. The molecule has 4 heterocycles. The molecule has 0 radical (unpaired) electrons. The maximum Gasteiger partial charge on any atom is 0.348 e. The third kappa shape index (κ3) is 2.53. The largest absolute Gasteiger partial charge is 0.465 e. The van der Waals surface area contributed by atoms with Crippen molar-refractivity contribution in [2.45, 2.75) is 37.4 Å². The first-order chi connectivity index (χ1) is 11.6. The van der Waals surface area contributed by atoms with E-state index >= 15 is 0 Å². The van der Waals surface area contributed by atoms with Gasteiger partial charge < -0.3 is 19.3 Å². The molecule has 2 aromatic heterocycles. The molecular weight excluding hydrogens is 334 g/mol. The van der Waals surface area contributed by atoms with Crippen molar-refractivity contribution in [3.8, 4) is 0 Å². The quantitative estimate of drug-likeness (QED) is 0.818. The number of thiophene rings is 1. The fourth-order valence-corrected chi connectivity index (χ4v) is 3.91. The second kappa shape index (κ2) is 5.92. The first-order valence-corrected chi connectivity index (χ1v) is 8.53. The highest BCUT2D eigenvalue weighted by Gasteiger charge is 2.51. The van der Waals surface area contributed by atoms with Gasteiger partial charge in [0.05, 0.1) is 32.6 Å². The molecule has 24 heavy (non-hydrogen) atoms. The lowest BCUT2D eigenvalue weighted by molar-refractivity contribution is -0.219. The summed E-state index contributed by atoms with van der Waals surface area (Å²) in [4.78, 5) is 12.3. The zero-order chi connectivity index (χ0) is 16.7. The van der Waals surface area contributed by atoms with Crippen LogP contribution in [0.2, 0.25) is 0 Å². The van der Waals surface area contributed by atoms with E-state index in [1.165, 1.54) is 18.4 Å². The Hall–Kier alpha value is -1.81. The van der Waals surface area contributed by atoms with E-state index in [-0.39, 0.29) is 12.1 Å². The number of hydrogen-bond acceptors (Lipinski definition) is 8. The Kier molecular flexibility index (Phi) is 3.87. The zero-order valence-electron chi connectivity index (χ0n) is 13.0. The van der Waals surface area contributed by atoms with Crippen LogP contribution >= 0.6 is 11.3 Å². The Morgan fingerprint density at radius 2 is 2.50 bits per heavy atom. The molecule has 1 N–H and O–H groups in total. The van der Waals surface area contributed by atoms with Crippen LogP contribution < -0.4 is 0 Å². The van der Waals surface area contributed by atoms with E-state index in [1.807, 2.05) is 11.4 Å². The molecule has 9 heteroatoms. The summed E-state index contributed by atoms with van der Waals surface area (Å²) < 4.78 is 17.5. The van der Waals surface area contributed by atoms with E-state index in [4.69, 9.17) is 14.2 Å². The van der Waals surface area contributed by atoms with Gasteiger partial charge in [-0.25, -0.2) is 9.48 Å². The number of carbonyl (C=O) groups excluding carboxylic acids is 1. The van der Waals surface area contributed by atoms with Crippen LogP contribution in [0.25, 0.3) is 0 Å². The Balaban J connectivity index is 1.55. The molecule has 4 rings (SSSR count). The number of carbonyl (C=O) groups is 1. The van der Waals surface area contributed by atoms with E-state index in [2.05, 4.69) is 10.3 Å². The minimum Gasteiger partial charge on any atom is -0.465 e. The van der Waals surface area contributed by atoms with E-state index in [0.29, 0.717) is 30.1 Å². The van der Waals surface area contributed by atoms with Crippen molar-refractivity contribution in [1.82, 2.24) is 15.0 Å². The second-order valence-corrected chi connectivity index (χ2v) is 6.87. The zero-order valence-corrected chi connectivity index (χ0v) is 13.9. The Morgan fingerprint density at radius 3 is 3.33 bits per heavy atom. The van der Waals surface area contributed by atoms with Gasteiger partial charge in [0.15, 0.2) is 11.9 Å². The molecule has 2 fully saturated rings. The topological polar surface area (TPSA) is 95.7 Å². The molecule has 128 valence electrons. The van der Waals surface area contributed by atoms with Crippen molar-refractivity contribution in [2.75, 3.05) is 13.7 Å². The van der Waals surface area contributed by atoms with Crippen molar-refractivity contribution < 1.29 is 24.1 Å². The molecule has 0 aromatic carbocycles. The van der Waals surface area contributed by atoms with Gasteiger partial charge in [-0.3, -0.25) is 0 Å². The van der Waals surface area contributed by atoms with Crippen molar-refractivity contribution in [2.24, 2.45) is 0 Å². The first kappa shape index (κ1) is 15.7. The highest BCUT2D eigenvalue weighted by atomic mass is 32.1. The van der Waals surface area contributed by atoms with Crippen molar-refractivity contribution in [3.63, 3.8) is 0 Å². The molecule has 8 nitrogen and oxygen atoms in total. The van der Waals surface area contributed by atoms with Gasteiger partial charge in [0.2, 0.25) is 0 Å². The van der Waals surface area contributed by atoms with E-state index in [0.717, 1.165) is 12.0 Å². The van der Waals surface area contributed by atoms with Gasteiger partial charge in [0.1, 0.15) is 10.6 Å². The normalized spacial score (nSPS) is 28.9. The lowest BCUT2D eigenvalue weighted by Crippen LogP contribution is -2.44. The van der Waals surface area contributed by atoms with Gasteiger partial charge in [-0.2, -0.15) is 0 Å². The molecular formula is C15H17N3O5S. The molecule has 3 atom stereocenters. The van der Waals surface area contributed by atoms with Gasteiger partial charge in [-0.15, -0.1) is 16.4 Å². The predicted molar refractivity (Wildman–Crippen MR) is 82.5 cm³/mol. The van der Waals surface area contributed by atoms with Crippen molar-refractivity contribution in [3.05, 3.63) is 33.8 Å². The molecule has 0 spiro atoms. The number of aliphatic hydroxyl groups is 1. The molecule has 2 aromatic rings. The third-order valence-corrected chi connectivity index (χ3v) is 5.36. The van der Waals surface area contributed by atoms with Crippen LogP contribution in [-0.2, 0) is 26.4 Å². The van der Waals surface area contributed by atoms with Crippen LogP contribution in [-0.4, -0.2) is 52.2 Å². The maximum absolute atomic E-state index is 11.7. The van der Waals surface area contributed by atoms with Crippen LogP contribution in [0.15, 0.2) is 17.6 Å². The molecule has 0 aliphatic carbocycles. The van der Waals surface area contributed by atoms with Gasteiger partial charge in [-0.05, 0) is 29.9 Å². The van der Waals surface area contributed by atoms with E-state index < -0.39 is 11.9 Å². The summed E-state index contributed by atoms with van der Waals surface area (Å²) in [6, 6.07) is 1.85. The number of ether oxygens (including phenoxy) is 3. The minimum absolute atomic E-state index is 0.0544. The van der Waals surface area contributed by atoms with Crippen LogP contribution in [0.4, 0.5) is 0 Å². The standard InChI is InChI=1S/C15H17N3O5S/c1-21-13(19)12-9(3-5-24-12)6-18-7-11(16-17-18)15(20)4-2-10-8-22-14(15)23-10/h3,5,7,10,14,20H,2,4,6,8H2,1H3/t10-,14+,15?/m0/s1. The van der Waals surface area contributed by atoms with Crippen LogP contribution in [0.5, 0.6) is 0 Å². The molecule has 2 saturated heterocycles. The van der Waals surface area contributed by atoms with Gasteiger partial charge in [0, 0.05) is 0 Å². The molecule has 0 amide bonds. The molecule has 2 bridgehead atoms. The summed E-state index contributed by atoms with van der Waals surface area (Å²) in [5, 5.41) is 20.9. The monoisotopic (exact) mass is 351 g/mol. The molecule has 2 aliphatic rings. The number of hydrogen-bond donors (Lipinski definition) is 1. The lowest BCUT2D eigenvalue weighted by Gasteiger charge is -2.34.